The van der Waals surface area contributed by atoms with E-state index < -0.39 is 95.2 Å². The highest BCUT2D eigenvalue weighted by Crippen LogP contribution is 2.56. The molecule has 16 rings (SSSR count). The Morgan fingerprint density at radius 2 is 0.352 bits per heavy atom. The van der Waals surface area contributed by atoms with Gasteiger partial charge in [-0.3, -0.25) is 27.3 Å². The molecule has 0 unspecified atom stereocenters. The van der Waals surface area contributed by atoms with Gasteiger partial charge in [0.05, 0.1) is 74.2 Å². The third kappa shape index (κ3) is 20.5. The molecule has 0 aromatic heterocycles. The van der Waals surface area contributed by atoms with Crippen molar-refractivity contribution in [2.75, 3.05) is 74.2 Å². The molecule has 0 aliphatic heterocycles. The second-order valence-corrected chi connectivity index (χ2v) is 40.5. The quantitative estimate of drug-likeness (QED) is 0.0120. The summed E-state index contributed by atoms with van der Waals surface area (Å²) in [6, 6.07) is 84.5. The third-order valence-electron chi connectivity index (χ3n) is 22.3. The summed E-state index contributed by atoms with van der Waals surface area (Å²) in [4.78, 5) is 0. The SMILES string of the molecule is O=S(=O)(O)CCCOc1cc(OCCCS(=O)(=O)O)c(-c2c3ccccc3c(-c3cc(-c4ccc(OCCCS(=O)(=O)O)c(-c5c6ccccc6c(-c6cc(-c7c8ccccc8cc8ccccc78)c(OCCCS(=O)(=O)O)cc6OCCCS(=O)(=O)O)c6ccccc56)c4)ccc3OCCCS(=O)(=O)O)c3ccccc23)cc1-c1c2ccccc2cc2ccccc12. The highest BCUT2D eigenvalue weighted by atomic mass is 32.2. The third-order valence-corrected chi connectivity index (χ3v) is 27.1. The van der Waals surface area contributed by atoms with E-state index in [0.29, 0.717) is 121 Å². The molecule has 0 saturated carbocycles. The van der Waals surface area contributed by atoms with Crippen LogP contribution in [-0.2, 0) is 60.7 Å². The van der Waals surface area contributed by atoms with Crippen LogP contribution < -0.4 is 28.4 Å². The van der Waals surface area contributed by atoms with Gasteiger partial charge in [0.25, 0.3) is 60.7 Å². The van der Waals surface area contributed by atoms with Gasteiger partial charge < -0.3 is 28.4 Å². The molecule has 0 fully saturated rings. The van der Waals surface area contributed by atoms with Crippen molar-refractivity contribution >= 4 is 147 Å². The Morgan fingerprint density at radius 3 is 0.555 bits per heavy atom. The van der Waals surface area contributed by atoms with Gasteiger partial charge in [0, 0.05) is 78.9 Å². The molecule has 16 aromatic rings. The number of ether oxygens (including phenoxy) is 6. The molecular weight excluding hydrogens is 1750 g/mol. The fraction of sp³-hybridized carbons (Fsp3) is 0.184. The van der Waals surface area contributed by atoms with Gasteiger partial charge in [-0.15, -0.1) is 0 Å². The van der Waals surface area contributed by atoms with Crippen LogP contribution in [0.4, 0.5) is 0 Å². The van der Waals surface area contributed by atoms with Crippen molar-refractivity contribution in [3.63, 3.8) is 0 Å². The molecule has 16 aromatic carbocycles. The highest BCUT2D eigenvalue weighted by molar-refractivity contribution is 7.87. The zero-order chi connectivity index (χ0) is 89.9. The maximum Gasteiger partial charge on any atom is 0.264 e. The molecule has 0 aliphatic carbocycles. The molecule has 24 nitrogen and oxygen atoms in total. The molecular formula is C98H86O24S6. The van der Waals surface area contributed by atoms with Crippen molar-refractivity contribution in [1.29, 1.82) is 0 Å². The van der Waals surface area contributed by atoms with Gasteiger partial charge in [-0.2, -0.15) is 50.5 Å². The van der Waals surface area contributed by atoms with Crippen molar-refractivity contribution in [3.05, 3.63) is 267 Å². The zero-order valence-corrected chi connectivity index (χ0v) is 73.5. The van der Waals surface area contributed by atoms with Crippen LogP contribution in [0.25, 0.3) is 164 Å². The summed E-state index contributed by atoms with van der Waals surface area (Å²) >= 11 is 0. The normalized spacial score (nSPS) is 12.5. The average Bonchev–Trinajstić information content (AvgIpc) is 0.724. The molecule has 0 amide bonds. The molecule has 128 heavy (non-hydrogen) atoms. The van der Waals surface area contributed by atoms with E-state index in [4.69, 9.17) is 28.4 Å². The second kappa shape index (κ2) is 37.3. The Labute approximate surface area is 739 Å². The average molecular weight is 1840 g/mol. The first-order chi connectivity index (χ1) is 61.3. The lowest BCUT2D eigenvalue weighted by molar-refractivity contribution is 0.302. The summed E-state index contributed by atoms with van der Waals surface area (Å²) in [5, 5.41) is 12.2. The van der Waals surface area contributed by atoms with E-state index in [1.807, 2.05) is 231 Å². The van der Waals surface area contributed by atoms with Crippen molar-refractivity contribution in [2.24, 2.45) is 0 Å². The molecule has 0 atom stereocenters. The van der Waals surface area contributed by atoms with E-state index in [2.05, 4.69) is 12.1 Å². The molecule has 0 spiro atoms. The van der Waals surface area contributed by atoms with Gasteiger partial charge in [0.2, 0.25) is 0 Å². The highest BCUT2D eigenvalue weighted by Gasteiger charge is 2.30. The molecule has 0 saturated heterocycles. The first-order valence-electron chi connectivity index (χ1n) is 41.1. The monoisotopic (exact) mass is 1840 g/mol. The van der Waals surface area contributed by atoms with Crippen LogP contribution in [-0.4, -0.2) is 152 Å². The van der Waals surface area contributed by atoms with Gasteiger partial charge in [-0.1, -0.05) is 206 Å². The van der Waals surface area contributed by atoms with Crippen LogP contribution >= 0.6 is 0 Å². The maximum absolute atomic E-state index is 12.3. The van der Waals surface area contributed by atoms with Gasteiger partial charge >= 0.3 is 0 Å². The molecule has 0 aliphatic rings. The van der Waals surface area contributed by atoms with Gasteiger partial charge in [-0.25, -0.2) is 0 Å². The van der Waals surface area contributed by atoms with Crippen molar-refractivity contribution in [1.82, 2.24) is 0 Å². The number of hydrogen-bond acceptors (Lipinski definition) is 18. The zero-order valence-electron chi connectivity index (χ0n) is 68.6. The smallest absolute Gasteiger partial charge is 0.264 e. The van der Waals surface area contributed by atoms with Crippen LogP contribution in [0.1, 0.15) is 38.5 Å². The van der Waals surface area contributed by atoms with Crippen LogP contribution in [0.2, 0.25) is 0 Å². The van der Waals surface area contributed by atoms with Crippen molar-refractivity contribution in [2.45, 2.75) is 38.5 Å². The number of benzene rings is 16. The van der Waals surface area contributed by atoms with Crippen LogP contribution in [0.15, 0.2) is 267 Å². The van der Waals surface area contributed by atoms with E-state index in [1.165, 1.54) is 0 Å². The topological polar surface area (TPSA) is 382 Å². The lowest BCUT2D eigenvalue weighted by Crippen LogP contribution is -2.10. The van der Waals surface area contributed by atoms with E-state index in [-0.39, 0.29) is 101 Å². The van der Waals surface area contributed by atoms with Gasteiger partial charge in [-0.05, 0) is 184 Å². The predicted octanol–water partition coefficient (Wildman–Crippen LogP) is 20.5. The maximum atomic E-state index is 12.3. The summed E-state index contributed by atoms with van der Waals surface area (Å²) in [5.74, 6) is -2.17. The summed E-state index contributed by atoms with van der Waals surface area (Å²) in [6.07, 6.45) is -0.743. The van der Waals surface area contributed by atoms with Gasteiger partial charge in [0.15, 0.2) is 0 Å². The Kier molecular flexibility index (Phi) is 26.0. The molecule has 0 radical (unpaired) electrons. The molecule has 0 heterocycles. The minimum atomic E-state index is -4.46. The minimum Gasteiger partial charge on any atom is -0.493 e. The Morgan fingerprint density at radius 1 is 0.180 bits per heavy atom. The predicted molar refractivity (Wildman–Crippen MR) is 504 cm³/mol. The molecule has 658 valence electrons. The van der Waals surface area contributed by atoms with Gasteiger partial charge in [0.1, 0.15) is 34.5 Å². The van der Waals surface area contributed by atoms with Crippen LogP contribution in [0, 0.1) is 0 Å². The first kappa shape index (κ1) is 89.3. The molecule has 6 N–H and O–H groups in total. The largest absolute Gasteiger partial charge is 0.493 e. The van der Waals surface area contributed by atoms with E-state index in [0.717, 1.165) is 54.2 Å². The summed E-state index contributed by atoms with van der Waals surface area (Å²) in [5.41, 5.74) is 8.42. The van der Waals surface area contributed by atoms with Crippen LogP contribution in [0.5, 0.6) is 34.5 Å². The first-order valence-corrected chi connectivity index (χ1v) is 50.7. The minimum absolute atomic E-state index is 0.109. The number of fused-ring (bicyclic) bond motifs is 8. The molecule has 0 bridgehead atoms. The lowest BCUT2D eigenvalue weighted by Gasteiger charge is -2.24. The fourth-order valence-corrected chi connectivity index (χ4v) is 19.9. The molecule has 30 heteroatoms. The number of rotatable bonds is 37. The lowest BCUT2D eigenvalue weighted by atomic mass is 9.83. The van der Waals surface area contributed by atoms with E-state index in [1.54, 1.807) is 24.3 Å². The fourth-order valence-electron chi connectivity index (χ4n) is 17.0. The van der Waals surface area contributed by atoms with E-state index >= 15 is 0 Å². The summed E-state index contributed by atoms with van der Waals surface area (Å²) in [7, 11) is -26.6. The van der Waals surface area contributed by atoms with Crippen LogP contribution in [0.3, 0.4) is 0 Å². The standard InChI is InChI=1S/C98H86O24S6/c99-123(100,101)49-17-43-117-87-41-39-63(57-81(87)95-73-31-9-13-35-77(73)97(78-36-14-10-32-74(78)95)85-59-83(93-69-27-5-1-23-65(69)55-66-24-2-6-28-70(66)93)89(119-45-19-51-125(105,106)107)61-91(85)121-47-21-53-127(111,112)113)64-40-42-88(118-44-18-50-124(102,103)104)82(58-64)96-75-33-11-15-37-79(75)98(80-38-16-12-34-76(80)96)86-60-84(94-71-29-7-3-25-67(71)56-68-26-4-8-30-72(68)94)90(120-46-20-52-126(108,109)110)62-92(86)122-48-22-54-128(114,115)116/h1-16,23-42,55-62H,17-22,43-54H2,(H,99,100,101)(H,102,103,104)(H,105,106,107)(H,108,109,110)(H,111,112,113)(H,114,115,116). The number of hydrogen-bond donors (Lipinski definition) is 6. The Balaban J connectivity index is 0.924. The second-order valence-electron chi connectivity index (χ2n) is 31.1. The summed E-state index contributed by atoms with van der Waals surface area (Å²) < 4.78 is 247. The Bertz CT molecular complexity index is 7120. The van der Waals surface area contributed by atoms with Crippen molar-refractivity contribution in [3.8, 4) is 112 Å². The summed E-state index contributed by atoms with van der Waals surface area (Å²) in [6.45, 7) is -1.17. The van der Waals surface area contributed by atoms with E-state index in [9.17, 15) is 77.8 Å². The Hall–Kier alpha value is -12.1. The van der Waals surface area contributed by atoms with Crippen molar-refractivity contribution < 1.29 is 106 Å².